The van der Waals surface area contributed by atoms with Gasteiger partial charge >= 0.3 is 0 Å². The third kappa shape index (κ3) is 3.03. The molecule has 0 aromatic carbocycles. The van der Waals surface area contributed by atoms with Crippen LogP contribution in [0.15, 0.2) is 11.4 Å². The Kier molecular flexibility index (Phi) is 3.73. The molecule has 80 valence electrons. The Morgan fingerprint density at radius 2 is 2.33 bits per heavy atom. The van der Waals surface area contributed by atoms with Crippen molar-refractivity contribution >= 4 is 11.3 Å². The zero-order valence-corrected chi connectivity index (χ0v) is 9.35. The maximum Gasteiger partial charge on any atom is 0.100 e. The molecule has 0 bridgehead atoms. The van der Waals surface area contributed by atoms with Crippen LogP contribution < -0.4 is 5.32 Å². The van der Waals surface area contributed by atoms with Crippen LogP contribution in [-0.4, -0.2) is 19.3 Å². The predicted octanol–water partition coefficient (Wildman–Crippen LogP) is 1.89. The van der Waals surface area contributed by atoms with Gasteiger partial charge in [0.15, 0.2) is 0 Å². The molecule has 1 aromatic rings. The Labute approximate surface area is 93.7 Å². The third-order valence-corrected chi connectivity index (χ3v) is 3.51. The van der Waals surface area contributed by atoms with Crippen LogP contribution in [0.4, 0.5) is 0 Å². The van der Waals surface area contributed by atoms with Crippen LogP contribution in [0.2, 0.25) is 0 Å². The van der Waals surface area contributed by atoms with Gasteiger partial charge in [0.1, 0.15) is 6.07 Å². The standard InChI is InChI=1S/C11H14N2OS/c12-6-9-5-11(15-8-9)7-13-10-1-3-14-4-2-10/h5,8,10,13H,1-4,7H2. The summed E-state index contributed by atoms with van der Waals surface area (Å²) in [6.07, 6.45) is 2.19. The van der Waals surface area contributed by atoms with Crippen molar-refractivity contribution < 1.29 is 4.74 Å². The van der Waals surface area contributed by atoms with E-state index in [2.05, 4.69) is 11.4 Å². The highest BCUT2D eigenvalue weighted by Crippen LogP contribution is 2.14. The Bertz CT molecular complexity index is 350. The van der Waals surface area contributed by atoms with Gasteiger partial charge < -0.3 is 10.1 Å². The van der Waals surface area contributed by atoms with Crippen LogP contribution in [-0.2, 0) is 11.3 Å². The number of nitrogens with one attached hydrogen (secondary N) is 1. The van der Waals surface area contributed by atoms with Crippen LogP contribution in [0.25, 0.3) is 0 Å². The first-order valence-corrected chi connectivity index (χ1v) is 6.05. The van der Waals surface area contributed by atoms with Gasteiger partial charge in [-0.25, -0.2) is 0 Å². The summed E-state index contributed by atoms with van der Waals surface area (Å²) in [5, 5.41) is 14.1. The van der Waals surface area contributed by atoms with E-state index in [0.717, 1.165) is 38.2 Å². The van der Waals surface area contributed by atoms with E-state index in [1.54, 1.807) is 11.3 Å². The molecule has 0 radical (unpaired) electrons. The van der Waals surface area contributed by atoms with Crippen molar-refractivity contribution in [2.24, 2.45) is 0 Å². The van der Waals surface area contributed by atoms with Gasteiger partial charge in [0.2, 0.25) is 0 Å². The average Bonchev–Trinajstić information content (AvgIpc) is 2.76. The average molecular weight is 222 g/mol. The zero-order valence-electron chi connectivity index (χ0n) is 8.53. The van der Waals surface area contributed by atoms with Crippen LogP contribution in [0.5, 0.6) is 0 Å². The van der Waals surface area contributed by atoms with E-state index in [1.165, 1.54) is 4.88 Å². The van der Waals surface area contributed by atoms with Gasteiger partial charge in [-0.1, -0.05) is 0 Å². The van der Waals surface area contributed by atoms with E-state index < -0.39 is 0 Å². The van der Waals surface area contributed by atoms with Crippen molar-refractivity contribution in [3.63, 3.8) is 0 Å². The normalized spacial score (nSPS) is 17.5. The first-order valence-electron chi connectivity index (χ1n) is 5.17. The lowest BCUT2D eigenvalue weighted by molar-refractivity contribution is 0.0777. The van der Waals surface area contributed by atoms with E-state index in [0.29, 0.717) is 6.04 Å². The van der Waals surface area contributed by atoms with Gasteiger partial charge in [-0.3, -0.25) is 0 Å². The fourth-order valence-corrected chi connectivity index (χ4v) is 2.44. The molecule has 1 saturated heterocycles. The fraction of sp³-hybridized carbons (Fsp3) is 0.545. The van der Waals surface area contributed by atoms with Gasteiger partial charge in [-0.15, -0.1) is 11.3 Å². The minimum Gasteiger partial charge on any atom is -0.381 e. The molecule has 1 aromatic heterocycles. The van der Waals surface area contributed by atoms with Crippen molar-refractivity contribution in [1.29, 1.82) is 5.26 Å². The molecular formula is C11H14N2OS. The molecule has 0 saturated carbocycles. The van der Waals surface area contributed by atoms with Gasteiger partial charge in [-0.05, 0) is 18.9 Å². The largest absolute Gasteiger partial charge is 0.381 e. The quantitative estimate of drug-likeness (QED) is 0.849. The Hall–Kier alpha value is -0.890. The van der Waals surface area contributed by atoms with E-state index >= 15 is 0 Å². The molecule has 0 spiro atoms. The molecule has 1 N–H and O–H groups in total. The summed E-state index contributed by atoms with van der Waals surface area (Å²) >= 11 is 1.65. The second kappa shape index (κ2) is 5.26. The summed E-state index contributed by atoms with van der Waals surface area (Å²) in [4.78, 5) is 1.23. The molecule has 0 atom stereocenters. The predicted molar refractivity (Wildman–Crippen MR) is 59.7 cm³/mol. The molecule has 3 nitrogen and oxygen atoms in total. The number of ether oxygens (including phenoxy) is 1. The minimum atomic E-state index is 0.575. The first-order chi connectivity index (χ1) is 7.38. The van der Waals surface area contributed by atoms with Crippen molar-refractivity contribution in [1.82, 2.24) is 5.32 Å². The molecule has 0 amide bonds. The van der Waals surface area contributed by atoms with Crippen LogP contribution in [0.3, 0.4) is 0 Å². The maximum atomic E-state index is 8.69. The molecule has 0 aliphatic carbocycles. The molecule has 15 heavy (non-hydrogen) atoms. The van der Waals surface area contributed by atoms with Gasteiger partial charge in [-0.2, -0.15) is 5.26 Å². The number of nitriles is 1. The fourth-order valence-electron chi connectivity index (χ4n) is 1.68. The van der Waals surface area contributed by atoms with Crippen molar-refractivity contribution in [2.75, 3.05) is 13.2 Å². The number of thiophene rings is 1. The minimum absolute atomic E-state index is 0.575. The van der Waals surface area contributed by atoms with Gasteiger partial charge in [0.25, 0.3) is 0 Å². The van der Waals surface area contributed by atoms with Crippen molar-refractivity contribution in [2.45, 2.75) is 25.4 Å². The Morgan fingerprint density at radius 3 is 3.00 bits per heavy atom. The summed E-state index contributed by atoms with van der Waals surface area (Å²) in [5.74, 6) is 0. The molecule has 1 aliphatic rings. The van der Waals surface area contributed by atoms with Crippen molar-refractivity contribution in [3.05, 3.63) is 21.9 Å². The summed E-state index contributed by atoms with van der Waals surface area (Å²) in [6.45, 7) is 2.61. The van der Waals surface area contributed by atoms with Crippen molar-refractivity contribution in [3.8, 4) is 6.07 Å². The SMILES string of the molecule is N#Cc1csc(CNC2CCOCC2)c1. The lowest BCUT2D eigenvalue weighted by Crippen LogP contribution is -2.34. The summed E-state index contributed by atoms with van der Waals surface area (Å²) < 4.78 is 5.29. The smallest absolute Gasteiger partial charge is 0.100 e. The molecule has 4 heteroatoms. The molecule has 1 aliphatic heterocycles. The summed E-state index contributed by atoms with van der Waals surface area (Å²) in [6, 6.07) is 4.68. The van der Waals surface area contributed by atoms with E-state index in [-0.39, 0.29) is 0 Å². The van der Waals surface area contributed by atoms with E-state index in [1.807, 2.05) is 11.4 Å². The van der Waals surface area contributed by atoms with Crippen LogP contribution in [0.1, 0.15) is 23.3 Å². The molecule has 2 rings (SSSR count). The summed E-state index contributed by atoms with van der Waals surface area (Å²) in [5.41, 5.74) is 0.767. The number of nitrogens with zero attached hydrogens (tertiary/aromatic N) is 1. The van der Waals surface area contributed by atoms with Gasteiger partial charge in [0.05, 0.1) is 5.56 Å². The second-order valence-corrected chi connectivity index (χ2v) is 4.68. The molecule has 0 unspecified atom stereocenters. The number of rotatable bonds is 3. The highest BCUT2D eigenvalue weighted by atomic mass is 32.1. The maximum absolute atomic E-state index is 8.69. The van der Waals surface area contributed by atoms with Crippen LogP contribution in [0, 0.1) is 11.3 Å². The van der Waals surface area contributed by atoms with E-state index in [4.69, 9.17) is 10.00 Å². The van der Waals surface area contributed by atoms with E-state index in [9.17, 15) is 0 Å². The van der Waals surface area contributed by atoms with Gasteiger partial charge in [0, 0.05) is 36.1 Å². The lowest BCUT2D eigenvalue weighted by atomic mass is 10.1. The highest BCUT2D eigenvalue weighted by molar-refractivity contribution is 7.10. The molecule has 1 fully saturated rings. The monoisotopic (exact) mass is 222 g/mol. The third-order valence-electron chi connectivity index (χ3n) is 2.57. The second-order valence-electron chi connectivity index (χ2n) is 3.68. The molecule has 2 heterocycles. The highest BCUT2D eigenvalue weighted by Gasteiger charge is 2.12. The topological polar surface area (TPSA) is 45.0 Å². The first kappa shape index (κ1) is 10.6. The van der Waals surface area contributed by atoms with Crippen LogP contribution >= 0.6 is 11.3 Å². The lowest BCUT2D eigenvalue weighted by Gasteiger charge is -2.22. The Balaban J connectivity index is 1.79. The summed E-state index contributed by atoms with van der Waals surface area (Å²) in [7, 11) is 0. The Morgan fingerprint density at radius 1 is 1.53 bits per heavy atom. The molecular weight excluding hydrogens is 208 g/mol. The number of hydrogen-bond donors (Lipinski definition) is 1. The number of hydrogen-bond acceptors (Lipinski definition) is 4. The zero-order chi connectivity index (χ0) is 10.5.